The van der Waals surface area contributed by atoms with Crippen LogP contribution in [-0.4, -0.2) is 36.7 Å². The number of hydrogen-bond donors (Lipinski definition) is 0. The van der Waals surface area contributed by atoms with E-state index in [1.807, 2.05) is 0 Å². The molecule has 0 aliphatic carbocycles. The topological polar surface area (TPSA) is 21.7 Å². The van der Waals surface area contributed by atoms with Crippen LogP contribution in [-0.2, 0) is 20.7 Å². The summed E-state index contributed by atoms with van der Waals surface area (Å²) in [5.41, 5.74) is 3.41. The van der Waals surface area contributed by atoms with Crippen LogP contribution in [0.15, 0.2) is 54.6 Å². The summed E-state index contributed by atoms with van der Waals surface area (Å²) in [5, 5.41) is 0. The molecule has 1 spiro atoms. The first kappa shape index (κ1) is 24.3. The van der Waals surface area contributed by atoms with Crippen LogP contribution in [0.3, 0.4) is 0 Å². The smallest absolute Gasteiger partial charge is 0.120 e. The average Bonchev–Trinajstić information content (AvgIpc) is 3.02. The van der Waals surface area contributed by atoms with Gasteiger partial charge in [-0.1, -0.05) is 54.6 Å². The normalized spacial score (nSPS) is 22.2. The highest BCUT2D eigenvalue weighted by molar-refractivity contribution is 5.85. The minimum Gasteiger partial charge on any atom is -0.381 e. The molecule has 2 aliphatic rings. The summed E-state index contributed by atoms with van der Waals surface area (Å²) < 4.78 is 13.0. The summed E-state index contributed by atoms with van der Waals surface area (Å²) in [7, 11) is 0. The van der Waals surface area contributed by atoms with Gasteiger partial charge in [-0.15, -0.1) is 12.4 Å². The van der Waals surface area contributed by atoms with Crippen molar-refractivity contribution in [2.75, 3.05) is 19.8 Å². The Morgan fingerprint density at radius 1 is 0.839 bits per heavy atom. The van der Waals surface area contributed by atoms with Gasteiger partial charge in [0.1, 0.15) is 5.60 Å². The molecule has 3 nitrogen and oxygen atoms in total. The van der Waals surface area contributed by atoms with Gasteiger partial charge in [0.25, 0.3) is 0 Å². The molecule has 4 heteroatoms. The molecule has 0 bridgehead atoms. The molecule has 0 aromatic heterocycles. The first-order valence-corrected chi connectivity index (χ1v) is 11.7. The van der Waals surface area contributed by atoms with Crippen molar-refractivity contribution in [3.05, 3.63) is 71.3 Å². The molecular formula is C27H38ClNO2. The molecule has 2 aliphatic heterocycles. The third-order valence-electron chi connectivity index (χ3n) is 7.03. The molecule has 0 N–H and O–H groups in total. The second kappa shape index (κ2) is 10.0. The summed E-state index contributed by atoms with van der Waals surface area (Å²) >= 11 is 0. The van der Waals surface area contributed by atoms with E-state index in [2.05, 4.69) is 87.2 Å². The highest BCUT2D eigenvalue weighted by atomic mass is 35.5. The molecule has 2 heterocycles. The van der Waals surface area contributed by atoms with Gasteiger partial charge >= 0.3 is 0 Å². The molecule has 1 atom stereocenters. The lowest BCUT2D eigenvalue weighted by Crippen LogP contribution is -2.40. The molecule has 2 aromatic rings. The van der Waals surface area contributed by atoms with Crippen molar-refractivity contribution in [2.24, 2.45) is 0 Å². The van der Waals surface area contributed by atoms with Crippen molar-refractivity contribution in [3.8, 4) is 0 Å². The van der Waals surface area contributed by atoms with E-state index in [4.69, 9.17) is 9.47 Å². The van der Waals surface area contributed by atoms with E-state index in [1.54, 1.807) is 0 Å². The Labute approximate surface area is 194 Å². The fourth-order valence-corrected chi connectivity index (χ4v) is 5.62. The minimum atomic E-state index is -0.380. The summed E-state index contributed by atoms with van der Waals surface area (Å²) in [6.45, 7) is 11.8. The molecule has 0 amide bonds. The van der Waals surface area contributed by atoms with E-state index in [1.165, 1.54) is 16.7 Å². The van der Waals surface area contributed by atoms with Gasteiger partial charge in [0, 0.05) is 38.1 Å². The molecule has 0 radical (unpaired) electrons. The molecule has 1 fully saturated rings. The largest absolute Gasteiger partial charge is 0.381 e. The molecule has 1 unspecified atom stereocenters. The zero-order valence-corrected chi connectivity index (χ0v) is 20.3. The quantitative estimate of drug-likeness (QED) is 0.502. The standard InChI is InChI=1S/C27H37NO2.ClH/c1-21(2)28(22(3)4)18-10-15-27(23-11-6-5-7-12-23)25-14-9-8-13-24(25)26(30-27)16-19-29-20-17-26;/h5-9,11-14,21-22H,10,15-20H2,1-4H3;1H. The summed E-state index contributed by atoms with van der Waals surface area (Å²) in [6.07, 6.45) is 3.96. The number of halogens is 1. The second-order valence-corrected chi connectivity index (χ2v) is 9.48. The first-order chi connectivity index (χ1) is 14.5. The SMILES string of the molecule is CC(C)N(CCCC1(c2ccccc2)OC2(CCOCC2)c2ccccc21)C(C)C.Cl. The Bertz CT molecular complexity index is 824. The van der Waals surface area contributed by atoms with Crippen LogP contribution in [0.5, 0.6) is 0 Å². The number of fused-ring (bicyclic) bond motifs is 2. The number of nitrogens with zero attached hydrogens (tertiary/aromatic N) is 1. The predicted octanol–water partition coefficient (Wildman–Crippen LogP) is 6.29. The lowest BCUT2D eigenvalue weighted by atomic mass is 9.79. The number of benzene rings is 2. The molecule has 0 saturated carbocycles. The lowest BCUT2D eigenvalue weighted by molar-refractivity contribution is -0.167. The maximum atomic E-state index is 7.24. The predicted molar refractivity (Wildman–Crippen MR) is 130 cm³/mol. The van der Waals surface area contributed by atoms with Crippen molar-refractivity contribution in [2.45, 2.75) is 76.7 Å². The Morgan fingerprint density at radius 2 is 1.42 bits per heavy atom. The summed E-state index contributed by atoms with van der Waals surface area (Å²) in [5.74, 6) is 0. The average molecular weight is 444 g/mol. The Kier molecular flexibility index (Phi) is 7.86. The monoisotopic (exact) mass is 443 g/mol. The van der Waals surface area contributed by atoms with Crippen LogP contribution in [0.1, 0.15) is 70.1 Å². The van der Waals surface area contributed by atoms with Crippen molar-refractivity contribution in [1.29, 1.82) is 0 Å². The number of hydrogen-bond acceptors (Lipinski definition) is 3. The molecule has 1 saturated heterocycles. The van der Waals surface area contributed by atoms with Gasteiger partial charge in [-0.05, 0) is 63.8 Å². The molecule has 31 heavy (non-hydrogen) atoms. The van der Waals surface area contributed by atoms with Crippen LogP contribution < -0.4 is 0 Å². The molecule has 2 aromatic carbocycles. The zero-order chi connectivity index (χ0) is 21.2. The van der Waals surface area contributed by atoms with E-state index in [-0.39, 0.29) is 23.6 Å². The van der Waals surface area contributed by atoms with Gasteiger partial charge in [0.05, 0.1) is 5.60 Å². The second-order valence-electron chi connectivity index (χ2n) is 9.48. The van der Waals surface area contributed by atoms with Crippen LogP contribution in [0.4, 0.5) is 0 Å². The van der Waals surface area contributed by atoms with E-state index < -0.39 is 0 Å². The van der Waals surface area contributed by atoms with E-state index in [9.17, 15) is 0 Å². The lowest BCUT2D eigenvalue weighted by Gasteiger charge is -2.39. The van der Waals surface area contributed by atoms with Crippen LogP contribution in [0.2, 0.25) is 0 Å². The zero-order valence-electron chi connectivity index (χ0n) is 19.5. The number of rotatable bonds is 7. The van der Waals surface area contributed by atoms with Gasteiger partial charge in [0.2, 0.25) is 0 Å². The third kappa shape index (κ3) is 4.57. The van der Waals surface area contributed by atoms with Crippen molar-refractivity contribution < 1.29 is 9.47 Å². The van der Waals surface area contributed by atoms with Gasteiger partial charge in [-0.25, -0.2) is 0 Å². The van der Waals surface area contributed by atoms with Gasteiger partial charge < -0.3 is 9.47 Å². The molecular weight excluding hydrogens is 406 g/mol. The van der Waals surface area contributed by atoms with E-state index in [0.29, 0.717) is 12.1 Å². The molecule has 4 rings (SSSR count). The maximum Gasteiger partial charge on any atom is 0.120 e. The van der Waals surface area contributed by atoms with Crippen LogP contribution in [0.25, 0.3) is 0 Å². The van der Waals surface area contributed by atoms with Gasteiger partial charge in [-0.3, -0.25) is 4.90 Å². The number of ether oxygens (including phenoxy) is 2. The highest BCUT2D eigenvalue weighted by Gasteiger charge is 2.54. The Morgan fingerprint density at radius 3 is 2.03 bits per heavy atom. The Balaban J connectivity index is 0.00000272. The third-order valence-corrected chi connectivity index (χ3v) is 7.03. The van der Waals surface area contributed by atoms with Crippen molar-refractivity contribution >= 4 is 12.4 Å². The van der Waals surface area contributed by atoms with Crippen LogP contribution in [0, 0.1) is 0 Å². The maximum absolute atomic E-state index is 7.24. The highest BCUT2D eigenvalue weighted by Crippen LogP contribution is 2.56. The van der Waals surface area contributed by atoms with Crippen LogP contribution >= 0.6 is 12.4 Å². The minimum absolute atomic E-state index is 0. The van der Waals surface area contributed by atoms with E-state index in [0.717, 1.165) is 45.4 Å². The van der Waals surface area contributed by atoms with Gasteiger partial charge in [0.15, 0.2) is 0 Å². The fourth-order valence-electron chi connectivity index (χ4n) is 5.62. The van der Waals surface area contributed by atoms with Crippen molar-refractivity contribution in [1.82, 2.24) is 4.90 Å². The summed E-state index contributed by atoms with van der Waals surface area (Å²) in [4.78, 5) is 2.59. The summed E-state index contributed by atoms with van der Waals surface area (Å²) in [6, 6.07) is 20.9. The first-order valence-electron chi connectivity index (χ1n) is 11.7. The van der Waals surface area contributed by atoms with E-state index >= 15 is 0 Å². The van der Waals surface area contributed by atoms with Gasteiger partial charge in [-0.2, -0.15) is 0 Å². The fraction of sp³-hybridized carbons (Fsp3) is 0.556. The Hall–Kier alpha value is -1.39. The van der Waals surface area contributed by atoms with Crippen molar-refractivity contribution in [3.63, 3.8) is 0 Å². The molecule has 170 valence electrons.